The maximum Gasteiger partial charge on any atom is 0.257 e. The van der Waals surface area contributed by atoms with E-state index in [0.717, 1.165) is 24.5 Å². The van der Waals surface area contributed by atoms with Crippen molar-refractivity contribution in [3.63, 3.8) is 0 Å². The molecule has 1 N–H and O–H groups in total. The number of para-hydroxylation sites is 2. The minimum absolute atomic E-state index is 0.0308. The van der Waals surface area contributed by atoms with Gasteiger partial charge in [0, 0.05) is 44.1 Å². The monoisotopic (exact) mass is 523 g/mol. The van der Waals surface area contributed by atoms with E-state index in [2.05, 4.69) is 15.2 Å². The van der Waals surface area contributed by atoms with Crippen LogP contribution in [0.3, 0.4) is 0 Å². The number of fused-ring (bicyclic) bond motifs is 3. The quantitative estimate of drug-likeness (QED) is 0.468. The summed E-state index contributed by atoms with van der Waals surface area (Å²) >= 11 is 5.41. The van der Waals surface area contributed by atoms with E-state index in [1.165, 1.54) is 4.57 Å². The molecule has 1 amide bonds. The predicted molar refractivity (Wildman–Crippen MR) is 143 cm³/mol. The lowest BCUT2D eigenvalue weighted by molar-refractivity contribution is -0.131. The van der Waals surface area contributed by atoms with E-state index >= 15 is 0 Å². The zero-order valence-electron chi connectivity index (χ0n) is 21.0. The van der Waals surface area contributed by atoms with Crippen LogP contribution < -0.4 is 24.4 Å². The molecule has 1 unspecified atom stereocenters. The van der Waals surface area contributed by atoms with Crippen molar-refractivity contribution in [1.29, 1.82) is 0 Å². The molecule has 1 fully saturated rings. The third-order valence-electron chi connectivity index (χ3n) is 6.92. The fraction of sp³-hybridized carbons (Fsp3) is 0.385. The number of benzene rings is 2. The number of anilines is 2. The van der Waals surface area contributed by atoms with Crippen LogP contribution in [0.25, 0.3) is 10.9 Å². The SMILES string of the molecule is COc1cc2nc(=S)n3c(c2cc1OC)NC(CCC(=O)N1CCN(c2ccccc2OC)CC1)C3=O. The maximum absolute atomic E-state index is 13.2. The van der Waals surface area contributed by atoms with Crippen molar-refractivity contribution in [3.05, 3.63) is 41.2 Å². The molecule has 37 heavy (non-hydrogen) atoms. The van der Waals surface area contributed by atoms with Gasteiger partial charge in [-0.05, 0) is 36.8 Å². The number of amides is 1. The van der Waals surface area contributed by atoms with Gasteiger partial charge in [0.1, 0.15) is 17.6 Å². The summed E-state index contributed by atoms with van der Waals surface area (Å²) in [5.41, 5.74) is 1.63. The Bertz CT molecular complexity index is 1420. The summed E-state index contributed by atoms with van der Waals surface area (Å²) in [6.45, 7) is 2.67. The lowest BCUT2D eigenvalue weighted by atomic mass is 10.1. The van der Waals surface area contributed by atoms with Crippen LogP contribution in [0.5, 0.6) is 17.2 Å². The summed E-state index contributed by atoms with van der Waals surface area (Å²) < 4.78 is 17.8. The van der Waals surface area contributed by atoms with E-state index in [0.29, 0.717) is 47.7 Å². The summed E-state index contributed by atoms with van der Waals surface area (Å²) in [6, 6.07) is 10.8. The van der Waals surface area contributed by atoms with Gasteiger partial charge >= 0.3 is 0 Å². The Morgan fingerprint density at radius 3 is 2.41 bits per heavy atom. The van der Waals surface area contributed by atoms with E-state index in [-0.39, 0.29) is 23.0 Å². The summed E-state index contributed by atoms with van der Waals surface area (Å²) in [7, 11) is 4.76. The normalized spacial score (nSPS) is 16.9. The molecule has 0 bridgehead atoms. The van der Waals surface area contributed by atoms with E-state index in [9.17, 15) is 9.59 Å². The van der Waals surface area contributed by atoms with Crippen LogP contribution in [-0.2, 0) is 4.79 Å². The number of rotatable bonds is 7. The summed E-state index contributed by atoms with van der Waals surface area (Å²) in [5, 5.41) is 3.97. The van der Waals surface area contributed by atoms with Crippen molar-refractivity contribution in [2.45, 2.75) is 18.9 Å². The second-order valence-electron chi connectivity index (χ2n) is 8.92. The van der Waals surface area contributed by atoms with Crippen LogP contribution in [0.2, 0.25) is 0 Å². The topological polar surface area (TPSA) is 98.2 Å². The van der Waals surface area contributed by atoms with E-state index in [4.69, 9.17) is 26.4 Å². The van der Waals surface area contributed by atoms with Crippen molar-refractivity contribution in [2.24, 2.45) is 0 Å². The number of aromatic nitrogens is 2. The van der Waals surface area contributed by atoms with Crippen molar-refractivity contribution in [1.82, 2.24) is 14.5 Å². The molecular weight excluding hydrogens is 494 g/mol. The average Bonchev–Trinajstić information content (AvgIpc) is 3.27. The summed E-state index contributed by atoms with van der Waals surface area (Å²) in [5.74, 6) is 2.25. The average molecular weight is 524 g/mol. The molecule has 11 heteroatoms. The number of hydrogen-bond donors (Lipinski definition) is 1. The molecule has 0 spiro atoms. The first kappa shape index (κ1) is 24.8. The summed E-state index contributed by atoms with van der Waals surface area (Å²) in [4.78, 5) is 34.7. The van der Waals surface area contributed by atoms with Gasteiger partial charge in [-0.1, -0.05) is 12.1 Å². The van der Waals surface area contributed by atoms with Crippen LogP contribution in [0.15, 0.2) is 36.4 Å². The van der Waals surface area contributed by atoms with Crippen molar-refractivity contribution in [2.75, 3.05) is 57.7 Å². The standard InChI is InChI=1S/C26H29N5O5S/c1-34-20-7-5-4-6-19(20)29-10-12-30(13-11-29)23(32)9-8-17-25(33)31-24(27-17)16-14-21(35-2)22(36-3)15-18(16)28-26(31)37/h4-7,14-15,17,27H,8-13H2,1-3H3. The highest BCUT2D eigenvalue weighted by Gasteiger charge is 2.33. The number of nitrogens with zero attached hydrogens (tertiary/aromatic N) is 4. The number of carbonyl (C=O) groups is 2. The van der Waals surface area contributed by atoms with Gasteiger partial charge in [-0.15, -0.1) is 0 Å². The van der Waals surface area contributed by atoms with Crippen LogP contribution >= 0.6 is 12.2 Å². The first-order valence-corrected chi connectivity index (χ1v) is 12.5. The molecule has 1 saturated heterocycles. The fourth-order valence-electron chi connectivity index (χ4n) is 4.96. The molecule has 194 valence electrons. The molecule has 0 saturated carbocycles. The van der Waals surface area contributed by atoms with Gasteiger partial charge in [0.2, 0.25) is 10.7 Å². The Hall–Kier alpha value is -3.86. The lowest BCUT2D eigenvalue weighted by Gasteiger charge is -2.36. The molecule has 1 aromatic heterocycles. The molecule has 3 heterocycles. The molecule has 0 aliphatic carbocycles. The maximum atomic E-state index is 13.2. The molecule has 2 aliphatic heterocycles. The fourth-order valence-corrected chi connectivity index (χ4v) is 5.24. The highest BCUT2D eigenvalue weighted by atomic mass is 32.1. The van der Waals surface area contributed by atoms with E-state index < -0.39 is 6.04 Å². The Morgan fingerprint density at radius 1 is 1.03 bits per heavy atom. The van der Waals surface area contributed by atoms with Crippen molar-refractivity contribution < 1.29 is 23.8 Å². The minimum Gasteiger partial charge on any atom is -0.495 e. The van der Waals surface area contributed by atoms with Gasteiger partial charge < -0.3 is 29.3 Å². The molecule has 2 aromatic carbocycles. The number of methoxy groups -OCH3 is 3. The van der Waals surface area contributed by atoms with E-state index in [1.54, 1.807) is 33.5 Å². The van der Waals surface area contributed by atoms with Crippen LogP contribution in [0, 0.1) is 4.77 Å². The zero-order valence-corrected chi connectivity index (χ0v) is 21.8. The second kappa shape index (κ2) is 10.3. The Morgan fingerprint density at radius 2 is 1.70 bits per heavy atom. The molecule has 5 rings (SSSR count). The number of piperazine rings is 1. The van der Waals surface area contributed by atoms with Gasteiger partial charge in [-0.2, -0.15) is 0 Å². The van der Waals surface area contributed by atoms with E-state index in [1.807, 2.05) is 29.2 Å². The third kappa shape index (κ3) is 4.55. The Kier molecular flexibility index (Phi) is 6.88. The molecule has 0 radical (unpaired) electrons. The van der Waals surface area contributed by atoms with Gasteiger partial charge in [-0.25, -0.2) is 9.55 Å². The largest absolute Gasteiger partial charge is 0.495 e. The first-order chi connectivity index (χ1) is 17.9. The Labute approximate surface area is 219 Å². The number of ether oxygens (including phenoxy) is 3. The molecular formula is C26H29N5O5S. The van der Waals surface area contributed by atoms with Gasteiger partial charge in [-0.3, -0.25) is 9.59 Å². The molecule has 2 aliphatic rings. The van der Waals surface area contributed by atoms with Crippen molar-refractivity contribution in [3.8, 4) is 17.2 Å². The Balaban J connectivity index is 1.25. The number of hydrogen-bond acceptors (Lipinski definition) is 9. The third-order valence-corrected chi connectivity index (χ3v) is 7.20. The van der Waals surface area contributed by atoms with Crippen LogP contribution in [-0.4, -0.2) is 79.8 Å². The van der Waals surface area contributed by atoms with Gasteiger partial charge in [0.25, 0.3) is 5.91 Å². The van der Waals surface area contributed by atoms with Gasteiger partial charge in [0.05, 0.1) is 32.5 Å². The van der Waals surface area contributed by atoms with Crippen LogP contribution in [0.4, 0.5) is 11.5 Å². The highest BCUT2D eigenvalue weighted by Crippen LogP contribution is 2.37. The molecule has 1 atom stereocenters. The molecule has 10 nitrogen and oxygen atoms in total. The smallest absolute Gasteiger partial charge is 0.257 e. The molecule has 3 aromatic rings. The van der Waals surface area contributed by atoms with Gasteiger partial charge in [0.15, 0.2) is 11.5 Å². The number of carbonyl (C=O) groups excluding carboxylic acids is 2. The second-order valence-corrected chi connectivity index (χ2v) is 9.28. The summed E-state index contributed by atoms with van der Waals surface area (Å²) in [6.07, 6.45) is 0.609. The predicted octanol–water partition coefficient (Wildman–Crippen LogP) is 3.35. The number of nitrogens with one attached hydrogen (secondary N) is 1. The zero-order chi connectivity index (χ0) is 26.1. The van der Waals surface area contributed by atoms with Crippen LogP contribution in [0.1, 0.15) is 17.6 Å². The highest BCUT2D eigenvalue weighted by molar-refractivity contribution is 7.71. The van der Waals surface area contributed by atoms with Crippen molar-refractivity contribution >= 4 is 46.4 Å². The minimum atomic E-state index is -0.569. The first-order valence-electron chi connectivity index (χ1n) is 12.1. The lowest BCUT2D eigenvalue weighted by Crippen LogP contribution is -2.49.